The number of sulfonamides is 1. The lowest BCUT2D eigenvalue weighted by atomic mass is 10.3. The minimum Gasteiger partial charge on any atom is -0.304 e. The van der Waals surface area contributed by atoms with Crippen molar-refractivity contribution in [1.82, 2.24) is 4.57 Å². The topological polar surface area (TPSA) is 85.6 Å². The van der Waals surface area contributed by atoms with Crippen LogP contribution in [-0.4, -0.2) is 27.7 Å². The first-order valence-corrected chi connectivity index (χ1v) is 11.6. The second-order valence-corrected chi connectivity index (χ2v) is 10.2. The van der Waals surface area contributed by atoms with Crippen LogP contribution in [0.5, 0.6) is 0 Å². The van der Waals surface area contributed by atoms with Gasteiger partial charge in [-0.25, -0.2) is 12.8 Å². The van der Waals surface area contributed by atoms with Gasteiger partial charge in [-0.1, -0.05) is 17.3 Å². The summed E-state index contributed by atoms with van der Waals surface area (Å²) in [7, 11) is -7.52. The molecule has 0 fully saturated rings. The van der Waals surface area contributed by atoms with Gasteiger partial charge in [0, 0.05) is 6.26 Å². The summed E-state index contributed by atoms with van der Waals surface area (Å²) in [6, 6.07) is 8.73. The molecule has 1 aromatic heterocycles. The molecule has 0 spiro atoms. The summed E-state index contributed by atoms with van der Waals surface area (Å²) in [5.74, 6) is 1.86. The van der Waals surface area contributed by atoms with Crippen molar-refractivity contribution in [2.45, 2.75) is 16.3 Å². The van der Waals surface area contributed by atoms with Crippen LogP contribution in [0.25, 0.3) is 10.2 Å². The fourth-order valence-corrected chi connectivity index (χ4v) is 5.35. The zero-order valence-corrected chi connectivity index (χ0v) is 16.4. The molecule has 0 radical (unpaired) electrons. The van der Waals surface area contributed by atoms with Gasteiger partial charge in [-0.15, -0.1) is 10.8 Å². The fraction of sp³-hybridized carbons (Fsp3) is 0.118. The van der Waals surface area contributed by atoms with Crippen molar-refractivity contribution in [3.8, 4) is 12.3 Å². The molecular weight excluding hydrogens is 411 g/mol. The van der Waals surface area contributed by atoms with Crippen LogP contribution in [0.2, 0.25) is 0 Å². The lowest BCUT2D eigenvalue weighted by Gasteiger charge is -2.02. The van der Waals surface area contributed by atoms with E-state index in [9.17, 15) is 21.2 Å². The molecular formula is C17H13FN2O4S3. The van der Waals surface area contributed by atoms with E-state index in [0.717, 1.165) is 41.9 Å². The standard InChI is InChI=1S/C17H13FN2O4S3/c1-3-10-20-15-9-8-14(26(2,21)22)11-16(15)25-17(20)19-27(23,24)13-6-4-12(18)5-7-13/h1,4-9,11H,10H2,2H3. The third-order valence-corrected chi connectivity index (χ3v) is 7.19. The molecule has 10 heteroatoms. The number of benzene rings is 2. The number of halogens is 1. The predicted octanol–water partition coefficient (Wildman–Crippen LogP) is 2.17. The minimum atomic E-state index is -4.10. The molecule has 6 nitrogen and oxygen atoms in total. The predicted molar refractivity (Wildman–Crippen MR) is 101 cm³/mol. The van der Waals surface area contributed by atoms with Gasteiger partial charge in [-0.05, 0) is 42.5 Å². The number of hydrogen-bond acceptors (Lipinski definition) is 5. The van der Waals surface area contributed by atoms with Gasteiger partial charge in [0.1, 0.15) is 5.82 Å². The van der Waals surface area contributed by atoms with E-state index < -0.39 is 25.7 Å². The van der Waals surface area contributed by atoms with Crippen LogP contribution in [0.15, 0.2) is 56.7 Å². The smallest absolute Gasteiger partial charge is 0.285 e. The van der Waals surface area contributed by atoms with E-state index in [1.807, 2.05) is 0 Å². The van der Waals surface area contributed by atoms with Gasteiger partial charge in [0.2, 0.25) is 4.80 Å². The van der Waals surface area contributed by atoms with E-state index in [2.05, 4.69) is 10.3 Å². The van der Waals surface area contributed by atoms with Crippen LogP contribution in [-0.2, 0) is 26.4 Å². The quantitative estimate of drug-likeness (QED) is 0.601. The first kappa shape index (κ1) is 19.3. The van der Waals surface area contributed by atoms with Crippen LogP contribution < -0.4 is 4.80 Å². The molecule has 3 aromatic rings. The Morgan fingerprint density at radius 1 is 1.11 bits per heavy atom. The molecule has 0 saturated heterocycles. The van der Waals surface area contributed by atoms with Crippen LogP contribution in [0.1, 0.15) is 0 Å². The Kier molecular flexibility index (Phi) is 4.94. The van der Waals surface area contributed by atoms with Crippen molar-refractivity contribution in [3.63, 3.8) is 0 Å². The molecule has 0 atom stereocenters. The molecule has 140 valence electrons. The number of aromatic nitrogens is 1. The largest absolute Gasteiger partial charge is 0.304 e. The van der Waals surface area contributed by atoms with Gasteiger partial charge >= 0.3 is 0 Å². The first-order valence-electron chi connectivity index (χ1n) is 7.45. The molecule has 0 aliphatic carbocycles. The Morgan fingerprint density at radius 2 is 1.74 bits per heavy atom. The zero-order valence-electron chi connectivity index (χ0n) is 14.0. The van der Waals surface area contributed by atoms with E-state index in [4.69, 9.17) is 6.42 Å². The number of rotatable bonds is 4. The first-order chi connectivity index (χ1) is 12.6. The maximum atomic E-state index is 13.0. The van der Waals surface area contributed by atoms with Gasteiger partial charge in [0.15, 0.2) is 9.84 Å². The van der Waals surface area contributed by atoms with E-state index in [1.54, 1.807) is 6.07 Å². The lowest BCUT2D eigenvalue weighted by Crippen LogP contribution is -2.16. The zero-order chi connectivity index (χ0) is 19.8. The molecule has 27 heavy (non-hydrogen) atoms. The van der Waals surface area contributed by atoms with Crippen molar-refractivity contribution >= 4 is 41.4 Å². The Balaban J connectivity index is 2.26. The van der Waals surface area contributed by atoms with Crippen LogP contribution in [0.4, 0.5) is 4.39 Å². The highest BCUT2D eigenvalue weighted by molar-refractivity contribution is 7.90. The van der Waals surface area contributed by atoms with E-state index >= 15 is 0 Å². The van der Waals surface area contributed by atoms with Gasteiger partial charge in [-0.2, -0.15) is 8.42 Å². The molecule has 0 amide bonds. The number of sulfone groups is 1. The maximum absolute atomic E-state index is 13.0. The van der Waals surface area contributed by atoms with Crippen molar-refractivity contribution < 1.29 is 21.2 Å². The van der Waals surface area contributed by atoms with Gasteiger partial charge in [0.05, 0.1) is 26.6 Å². The van der Waals surface area contributed by atoms with Crippen LogP contribution in [0.3, 0.4) is 0 Å². The average molecular weight is 425 g/mol. The molecule has 1 heterocycles. The molecule has 0 unspecified atom stereocenters. The normalized spacial score (nSPS) is 13.0. The Hall–Kier alpha value is -2.48. The molecule has 0 N–H and O–H groups in total. The maximum Gasteiger partial charge on any atom is 0.285 e. The molecule has 0 bridgehead atoms. The van der Waals surface area contributed by atoms with E-state index in [-0.39, 0.29) is 21.1 Å². The van der Waals surface area contributed by atoms with Crippen molar-refractivity contribution in [3.05, 3.63) is 53.1 Å². The Morgan fingerprint density at radius 3 is 2.33 bits per heavy atom. The van der Waals surface area contributed by atoms with Gasteiger partial charge in [0.25, 0.3) is 10.0 Å². The Labute approximate surface area is 159 Å². The summed E-state index contributed by atoms with van der Waals surface area (Å²) in [6.07, 6.45) is 6.46. The number of thiazole rings is 1. The van der Waals surface area contributed by atoms with Crippen molar-refractivity contribution in [2.75, 3.05) is 6.26 Å². The van der Waals surface area contributed by atoms with Crippen molar-refractivity contribution in [1.29, 1.82) is 0 Å². The third-order valence-electron chi connectivity index (χ3n) is 3.64. The van der Waals surface area contributed by atoms with Gasteiger partial charge < -0.3 is 4.57 Å². The molecule has 0 aliphatic rings. The molecule has 3 rings (SSSR count). The summed E-state index contributed by atoms with van der Waals surface area (Å²) in [5, 5.41) is 0. The summed E-state index contributed by atoms with van der Waals surface area (Å²) >= 11 is 1.00. The summed E-state index contributed by atoms with van der Waals surface area (Å²) in [6.45, 7) is 0.0516. The third kappa shape index (κ3) is 3.95. The van der Waals surface area contributed by atoms with Crippen LogP contribution >= 0.6 is 11.3 Å². The monoisotopic (exact) mass is 424 g/mol. The molecule has 0 aliphatic heterocycles. The molecule has 0 saturated carbocycles. The average Bonchev–Trinajstić information content (AvgIpc) is 2.91. The highest BCUT2D eigenvalue weighted by Gasteiger charge is 2.16. The van der Waals surface area contributed by atoms with Gasteiger partial charge in [-0.3, -0.25) is 0 Å². The number of nitrogens with zero attached hydrogens (tertiary/aromatic N) is 2. The highest BCUT2D eigenvalue weighted by Crippen LogP contribution is 2.22. The van der Waals surface area contributed by atoms with E-state index in [1.165, 1.54) is 16.7 Å². The minimum absolute atomic E-state index is 0.0516. The second-order valence-electron chi connectivity index (χ2n) is 5.60. The van der Waals surface area contributed by atoms with E-state index in [0.29, 0.717) is 10.2 Å². The fourth-order valence-electron chi connectivity index (χ4n) is 2.36. The second kappa shape index (κ2) is 6.92. The highest BCUT2D eigenvalue weighted by atomic mass is 32.2. The molecule has 2 aromatic carbocycles. The van der Waals surface area contributed by atoms with Crippen molar-refractivity contribution in [2.24, 2.45) is 4.40 Å². The summed E-state index contributed by atoms with van der Waals surface area (Å²) in [4.78, 5) is 0.0421. The number of terminal acetylenes is 1. The summed E-state index contributed by atoms with van der Waals surface area (Å²) < 4.78 is 67.5. The Bertz CT molecular complexity index is 1340. The summed E-state index contributed by atoms with van der Waals surface area (Å²) in [5.41, 5.74) is 0.568. The lowest BCUT2D eigenvalue weighted by molar-refractivity contribution is 0.594. The SMILES string of the molecule is C#CCn1c(=NS(=O)(=O)c2ccc(F)cc2)sc2cc(S(C)(=O)=O)ccc21. The number of hydrogen-bond donors (Lipinski definition) is 0. The number of fused-ring (bicyclic) bond motifs is 1. The van der Waals surface area contributed by atoms with Crippen LogP contribution in [0, 0.1) is 18.2 Å².